The zero-order chi connectivity index (χ0) is 11.5. The third-order valence-corrected chi connectivity index (χ3v) is 2.43. The predicted molar refractivity (Wildman–Crippen MR) is 65.7 cm³/mol. The van der Waals surface area contributed by atoms with E-state index in [1.165, 1.54) is 5.56 Å². The number of nitrogens with two attached hydrogens (primary N) is 1. The van der Waals surface area contributed by atoms with E-state index in [1.807, 2.05) is 30.1 Å². The van der Waals surface area contributed by atoms with Gasteiger partial charge in [0.25, 0.3) is 0 Å². The molecule has 0 unspecified atom stereocenters. The first-order valence-corrected chi connectivity index (χ1v) is 5.05. The topological polar surface area (TPSA) is 55.0 Å². The number of aryl methyl sites for hydroxylation is 1. The van der Waals surface area contributed by atoms with Crippen LogP contribution in [0.4, 0.5) is 17.3 Å². The molecule has 1 heterocycles. The summed E-state index contributed by atoms with van der Waals surface area (Å²) >= 11 is 0. The molecule has 2 aromatic rings. The van der Waals surface area contributed by atoms with Crippen LogP contribution in [-0.2, 0) is 0 Å². The van der Waals surface area contributed by atoms with Gasteiger partial charge in [0.2, 0.25) is 5.95 Å². The van der Waals surface area contributed by atoms with Crippen LogP contribution in [-0.4, -0.2) is 17.0 Å². The zero-order valence-electron chi connectivity index (χ0n) is 9.38. The number of aromatic nitrogens is 2. The Balaban J connectivity index is 2.35. The second-order valence-electron chi connectivity index (χ2n) is 3.66. The number of anilines is 3. The van der Waals surface area contributed by atoms with Crippen molar-refractivity contribution in [2.75, 3.05) is 17.7 Å². The summed E-state index contributed by atoms with van der Waals surface area (Å²) in [6, 6.07) is 8.10. The van der Waals surface area contributed by atoms with Crippen LogP contribution < -0.4 is 10.6 Å². The van der Waals surface area contributed by atoms with E-state index in [-0.39, 0.29) is 0 Å². The van der Waals surface area contributed by atoms with Gasteiger partial charge in [-0.25, -0.2) is 9.97 Å². The number of para-hydroxylation sites is 1. The van der Waals surface area contributed by atoms with E-state index in [2.05, 4.69) is 23.0 Å². The predicted octanol–water partition coefficient (Wildman–Crippen LogP) is 2.14. The van der Waals surface area contributed by atoms with Crippen LogP contribution >= 0.6 is 0 Å². The fourth-order valence-electron chi connectivity index (χ4n) is 1.55. The summed E-state index contributed by atoms with van der Waals surface area (Å²) in [5, 5.41) is 0. The number of hydrogen-bond donors (Lipinski definition) is 1. The van der Waals surface area contributed by atoms with E-state index < -0.39 is 0 Å². The van der Waals surface area contributed by atoms with Gasteiger partial charge in [0.15, 0.2) is 0 Å². The molecule has 0 aliphatic rings. The van der Waals surface area contributed by atoms with Gasteiger partial charge in [-0.15, -0.1) is 0 Å². The average molecular weight is 214 g/mol. The molecule has 0 aliphatic heterocycles. The number of benzene rings is 1. The lowest BCUT2D eigenvalue weighted by Gasteiger charge is -2.18. The second-order valence-corrected chi connectivity index (χ2v) is 3.66. The van der Waals surface area contributed by atoms with E-state index in [0.29, 0.717) is 11.6 Å². The number of nitrogens with zero attached hydrogens (tertiary/aromatic N) is 3. The molecule has 0 fully saturated rings. The third-order valence-electron chi connectivity index (χ3n) is 2.43. The van der Waals surface area contributed by atoms with Crippen molar-refractivity contribution >= 4 is 17.3 Å². The van der Waals surface area contributed by atoms with Crippen molar-refractivity contribution in [1.82, 2.24) is 9.97 Å². The van der Waals surface area contributed by atoms with Gasteiger partial charge in [0.1, 0.15) is 0 Å². The maximum atomic E-state index is 5.55. The van der Waals surface area contributed by atoms with Crippen LogP contribution in [0.5, 0.6) is 0 Å². The van der Waals surface area contributed by atoms with Crippen molar-refractivity contribution in [2.24, 2.45) is 0 Å². The molecule has 0 atom stereocenters. The molecule has 2 rings (SSSR count). The number of nitrogen functional groups attached to an aromatic ring is 1. The van der Waals surface area contributed by atoms with Crippen molar-refractivity contribution in [3.05, 3.63) is 42.2 Å². The second kappa shape index (κ2) is 4.18. The van der Waals surface area contributed by atoms with Gasteiger partial charge in [-0.05, 0) is 18.6 Å². The fraction of sp³-hybridized carbons (Fsp3) is 0.167. The number of hydrogen-bond acceptors (Lipinski definition) is 4. The Morgan fingerprint density at radius 1 is 1.12 bits per heavy atom. The first-order valence-electron chi connectivity index (χ1n) is 5.05. The van der Waals surface area contributed by atoms with Crippen molar-refractivity contribution in [3.8, 4) is 0 Å². The Kier molecular flexibility index (Phi) is 2.72. The highest BCUT2D eigenvalue weighted by molar-refractivity contribution is 5.60. The van der Waals surface area contributed by atoms with Crippen LogP contribution in [0.15, 0.2) is 36.7 Å². The van der Waals surface area contributed by atoms with E-state index >= 15 is 0 Å². The van der Waals surface area contributed by atoms with Gasteiger partial charge in [0, 0.05) is 12.7 Å². The Morgan fingerprint density at radius 2 is 1.75 bits per heavy atom. The molecule has 4 nitrogen and oxygen atoms in total. The molecular formula is C12H14N4. The van der Waals surface area contributed by atoms with Crippen molar-refractivity contribution in [2.45, 2.75) is 6.92 Å². The lowest BCUT2D eigenvalue weighted by atomic mass is 10.2. The number of rotatable bonds is 2. The van der Waals surface area contributed by atoms with Gasteiger partial charge in [-0.3, -0.25) is 0 Å². The van der Waals surface area contributed by atoms with Crippen LogP contribution in [0.25, 0.3) is 0 Å². The molecule has 2 N–H and O–H groups in total. The molecule has 16 heavy (non-hydrogen) atoms. The quantitative estimate of drug-likeness (QED) is 0.832. The highest BCUT2D eigenvalue weighted by atomic mass is 15.2. The minimum absolute atomic E-state index is 0.571. The van der Waals surface area contributed by atoms with Crippen LogP contribution in [0.3, 0.4) is 0 Å². The standard InChI is InChI=1S/C12H14N4/c1-9-5-3-4-6-11(9)16(2)12-14-7-10(13)8-15-12/h3-8H,13H2,1-2H3. The largest absolute Gasteiger partial charge is 0.396 e. The first kappa shape index (κ1) is 10.4. The molecule has 0 saturated heterocycles. The molecule has 4 heteroatoms. The van der Waals surface area contributed by atoms with E-state index in [0.717, 1.165) is 5.69 Å². The van der Waals surface area contributed by atoms with Gasteiger partial charge in [0.05, 0.1) is 18.1 Å². The molecule has 0 spiro atoms. The van der Waals surface area contributed by atoms with Crippen molar-refractivity contribution in [1.29, 1.82) is 0 Å². The Hall–Kier alpha value is -2.10. The SMILES string of the molecule is Cc1ccccc1N(C)c1ncc(N)cn1. The lowest BCUT2D eigenvalue weighted by molar-refractivity contribution is 1.04. The summed E-state index contributed by atoms with van der Waals surface area (Å²) in [7, 11) is 1.94. The van der Waals surface area contributed by atoms with Crippen molar-refractivity contribution < 1.29 is 0 Å². The third kappa shape index (κ3) is 1.95. The summed E-state index contributed by atoms with van der Waals surface area (Å²) in [6.07, 6.45) is 3.22. The molecule has 1 aromatic heterocycles. The van der Waals surface area contributed by atoms with E-state index in [1.54, 1.807) is 12.4 Å². The van der Waals surface area contributed by atoms with Gasteiger partial charge < -0.3 is 10.6 Å². The maximum absolute atomic E-state index is 5.55. The molecule has 82 valence electrons. The summed E-state index contributed by atoms with van der Waals surface area (Å²) in [4.78, 5) is 10.3. The van der Waals surface area contributed by atoms with Gasteiger partial charge in [-0.2, -0.15) is 0 Å². The van der Waals surface area contributed by atoms with Crippen LogP contribution in [0, 0.1) is 6.92 Å². The molecule has 1 aromatic carbocycles. The van der Waals surface area contributed by atoms with Gasteiger partial charge in [-0.1, -0.05) is 18.2 Å². The summed E-state index contributed by atoms with van der Waals surface area (Å²) in [5.41, 5.74) is 8.40. The summed E-state index contributed by atoms with van der Waals surface area (Å²) in [6.45, 7) is 2.06. The minimum atomic E-state index is 0.571. The molecule has 0 aliphatic carbocycles. The average Bonchev–Trinajstić information content (AvgIpc) is 2.30. The smallest absolute Gasteiger partial charge is 0.229 e. The first-order chi connectivity index (χ1) is 7.68. The summed E-state index contributed by atoms with van der Waals surface area (Å²) < 4.78 is 0. The Bertz CT molecular complexity index is 479. The summed E-state index contributed by atoms with van der Waals surface area (Å²) in [5.74, 6) is 0.642. The zero-order valence-corrected chi connectivity index (χ0v) is 9.38. The molecule has 0 radical (unpaired) electrons. The van der Waals surface area contributed by atoms with Crippen LogP contribution in [0.2, 0.25) is 0 Å². The molecule has 0 bridgehead atoms. The highest BCUT2D eigenvalue weighted by Gasteiger charge is 2.08. The van der Waals surface area contributed by atoms with E-state index in [4.69, 9.17) is 5.73 Å². The Labute approximate surface area is 94.8 Å². The van der Waals surface area contributed by atoms with Crippen molar-refractivity contribution in [3.63, 3.8) is 0 Å². The monoisotopic (exact) mass is 214 g/mol. The minimum Gasteiger partial charge on any atom is -0.396 e. The van der Waals surface area contributed by atoms with E-state index in [9.17, 15) is 0 Å². The Morgan fingerprint density at radius 3 is 2.38 bits per heavy atom. The van der Waals surface area contributed by atoms with Crippen LogP contribution in [0.1, 0.15) is 5.56 Å². The highest BCUT2D eigenvalue weighted by Crippen LogP contribution is 2.23. The molecule has 0 amide bonds. The molecular weight excluding hydrogens is 200 g/mol. The molecule has 0 saturated carbocycles. The van der Waals surface area contributed by atoms with Gasteiger partial charge >= 0.3 is 0 Å². The normalized spacial score (nSPS) is 10.1. The lowest BCUT2D eigenvalue weighted by Crippen LogP contribution is -2.14. The fourth-order valence-corrected chi connectivity index (χ4v) is 1.55. The maximum Gasteiger partial charge on any atom is 0.229 e.